The summed E-state index contributed by atoms with van der Waals surface area (Å²) in [5.41, 5.74) is 1.89. The van der Waals surface area contributed by atoms with E-state index in [0.717, 1.165) is 24.2 Å². The lowest BCUT2D eigenvalue weighted by molar-refractivity contribution is 0.101. The third kappa shape index (κ3) is 2.84. The van der Waals surface area contributed by atoms with Crippen molar-refractivity contribution in [3.8, 4) is 0 Å². The SMILES string of the molecule is CCCN(c1ccccc1C(C)=O)C(C)C. The van der Waals surface area contributed by atoms with Gasteiger partial charge in [0.1, 0.15) is 0 Å². The van der Waals surface area contributed by atoms with Gasteiger partial charge in [-0.05, 0) is 39.3 Å². The summed E-state index contributed by atoms with van der Waals surface area (Å²) in [6.07, 6.45) is 1.09. The molecule has 1 rings (SSSR count). The molecule has 0 bridgehead atoms. The first-order chi connectivity index (χ1) is 7.57. The summed E-state index contributed by atoms with van der Waals surface area (Å²) >= 11 is 0. The monoisotopic (exact) mass is 219 g/mol. The second-order valence-corrected chi connectivity index (χ2v) is 4.36. The molecule has 0 N–H and O–H groups in total. The molecule has 2 heteroatoms. The first-order valence-electron chi connectivity index (χ1n) is 5.94. The van der Waals surface area contributed by atoms with Crippen molar-refractivity contribution in [2.75, 3.05) is 11.4 Å². The molecule has 0 atom stereocenters. The van der Waals surface area contributed by atoms with Crippen molar-refractivity contribution in [2.45, 2.75) is 40.2 Å². The smallest absolute Gasteiger partial charge is 0.161 e. The highest BCUT2D eigenvalue weighted by atomic mass is 16.1. The van der Waals surface area contributed by atoms with Gasteiger partial charge in [-0.15, -0.1) is 0 Å². The number of hydrogen-bond acceptors (Lipinski definition) is 2. The van der Waals surface area contributed by atoms with Crippen molar-refractivity contribution in [1.82, 2.24) is 0 Å². The van der Waals surface area contributed by atoms with E-state index in [4.69, 9.17) is 0 Å². The first-order valence-corrected chi connectivity index (χ1v) is 5.94. The Morgan fingerprint density at radius 2 is 1.94 bits per heavy atom. The highest BCUT2D eigenvalue weighted by Gasteiger charge is 2.15. The van der Waals surface area contributed by atoms with Crippen molar-refractivity contribution < 1.29 is 4.79 Å². The highest BCUT2D eigenvalue weighted by Crippen LogP contribution is 2.23. The fourth-order valence-corrected chi connectivity index (χ4v) is 1.92. The molecule has 1 aromatic carbocycles. The molecule has 0 amide bonds. The zero-order valence-electron chi connectivity index (χ0n) is 10.7. The molecular formula is C14H21NO. The van der Waals surface area contributed by atoms with Crippen LogP contribution in [-0.2, 0) is 0 Å². The molecule has 0 fully saturated rings. The molecule has 0 aliphatic carbocycles. The zero-order chi connectivity index (χ0) is 12.1. The number of carbonyl (C=O) groups is 1. The predicted octanol–water partition coefficient (Wildman–Crippen LogP) is 3.51. The Morgan fingerprint density at radius 3 is 2.44 bits per heavy atom. The maximum Gasteiger partial charge on any atom is 0.161 e. The van der Waals surface area contributed by atoms with Gasteiger partial charge in [-0.2, -0.15) is 0 Å². The minimum absolute atomic E-state index is 0.136. The van der Waals surface area contributed by atoms with Gasteiger partial charge in [0.25, 0.3) is 0 Å². The van der Waals surface area contributed by atoms with Gasteiger partial charge in [0, 0.05) is 23.8 Å². The van der Waals surface area contributed by atoms with Crippen LogP contribution in [0.25, 0.3) is 0 Å². The molecule has 16 heavy (non-hydrogen) atoms. The van der Waals surface area contributed by atoms with Crippen LogP contribution in [0.3, 0.4) is 0 Å². The molecule has 0 saturated heterocycles. The summed E-state index contributed by atoms with van der Waals surface area (Å²) in [7, 11) is 0. The van der Waals surface area contributed by atoms with E-state index in [-0.39, 0.29) is 5.78 Å². The van der Waals surface area contributed by atoms with E-state index in [0.29, 0.717) is 6.04 Å². The lowest BCUT2D eigenvalue weighted by atomic mass is 10.1. The number of nitrogens with zero attached hydrogens (tertiary/aromatic N) is 1. The summed E-state index contributed by atoms with van der Waals surface area (Å²) in [6, 6.07) is 8.27. The Labute approximate surface area is 98.3 Å². The van der Waals surface area contributed by atoms with Crippen molar-refractivity contribution in [1.29, 1.82) is 0 Å². The molecule has 0 aliphatic heterocycles. The van der Waals surface area contributed by atoms with Gasteiger partial charge in [-0.3, -0.25) is 4.79 Å². The maximum atomic E-state index is 11.6. The summed E-state index contributed by atoms with van der Waals surface area (Å²) in [5, 5.41) is 0. The number of para-hydroxylation sites is 1. The lowest BCUT2D eigenvalue weighted by Gasteiger charge is -2.30. The number of carbonyl (C=O) groups excluding carboxylic acids is 1. The van der Waals surface area contributed by atoms with Crippen LogP contribution in [0.2, 0.25) is 0 Å². The molecule has 1 aromatic rings. The van der Waals surface area contributed by atoms with Crippen molar-refractivity contribution in [2.24, 2.45) is 0 Å². The van der Waals surface area contributed by atoms with Gasteiger partial charge in [0.15, 0.2) is 5.78 Å². The molecule has 0 heterocycles. The standard InChI is InChI=1S/C14H21NO/c1-5-10-15(11(2)3)14-9-7-6-8-13(14)12(4)16/h6-9,11H,5,10H2,1-4H3. The highest BCUT2D eigenvalue weighted by molar-refractivity contribution is 5.99. The van der Waals surface area contributed by atoms with E-state index >= 15 is 0 Å². The number of hydrogen-bond donors (Lipinski definition) is 0. The quantitative estimate of drug-likeness (QED) is 0.706. The van der Waals surface area contributed by atoms with Gasteiger partial charge in [-0.1, -0.05) is 19.1 Å². The normalized spacial score (nSPS) is 10.6. The molecule has 0 unspecified atom stereocenters. The number of rotatable bonds is 5. The average Bonchev–Trinajstić information content (AvgIpc) is 2.25. The zero-order valence-corrected chi connectivity index (χ0v) is 10.7. The minimum Gasteiger partial charge on any atom is -0.369 e. The third-order valence-corrected chi connectivity index (χ3v) is 2.68. The van der Waals surface area contributed by atoms with Crippen LogP contribution in [0.4, 0.5) is 5.69 Å². The van der Waals surface area contributed by atoms with Crippen molar-refractivity contribution >= 4 is 11.5 Å². The van der Waals surface area contributed by atoms with E-state index in [2.05, 4.69) is 25.7 Å². The number of benzene rings is 1. The molecule has 0 radical (unpaired) electrons. The van der Waals surface area contributed by atoms with Crippen molar-refractivity contribution in [3.63, 3.8) is 0 Å². The Bertz CT molecular complexity index is 358. The molecule has 0 aromatic heterocycles. The van der Waals surface area contributed by atoms with Gasteiger partial charge in [0.05, 0.1) is 0 Å². The Balaban J connectivity index is 3.12. The van der Waals surface area contributed by atoms with E-state index < -0.39 is 0 Å². The minimum atomic E-state index is 0.136. The van der Waals surface area contributed by atoms with E-state index in [1.54, 1.807) is 6.92 Å². The third-order valence-electron chi connectivity index (χ3n) is 2.68. The van der Waals surface area contributed by atoms with Crippen LogP contribution in [-0.4, -0.2) is 18.4 Å². The number of ketones is 1. The fraction of sp³-hybridized carbons (Fsp3) is 0.500. The average molecular weight is 219 g/mol. The van der Waals surface area contributed by atoms with Gasteiger partial charge in [-0.25, -0.2) is 0 Å². The van der Waals surface area contributed by atoms with Crippen molar-refractivity contribution in [3.05, 3.63) is 29.8 Å². The Hall–Kier alpha value is -1.31. The van der Waals surface area contributed by atoms with Crippen LogP contribution < -0.4 is 4.90 Å². The van der Waals surface area contributed by atoms with Crippen LogP contribution in [0.15, 0.2) is 24.3 Å². The van der Waals surface area contributed by atoms with Crippen LogP contribution in [0, 0.1) is 0 Å². The summed E-state index contributed by atoms with van der Waals surface area (Å²) in [6.45, 7) is 9.09. The first kappa shape index (κ1) is 12.8. The van der Waals surface area contributed by atoms with E-state index in [9.17, 15) is 4.79 Å². The van der Waals surface area contributed by atoms with E-state index in [1.807, 2.05) is 24.3 Å². The summed E-state index contributed by atoms with van der Waals surface area (Å²) in [4.78, 5) is 13.9. The molecule has 0 spiro atoms. The van der Waals surface area contributed by atoms with E-state index in [1.165, 1.54) is 0 Å². The van der Waals surface area contributed by atoms with Gasteiger partial charge < -0.3 is 4.90 Å². The summed E-state index contributed by atoms with van der Waals surface area (Å²) < 4.78 is 0. The number of anilines is 1. The van der Waals surface area contributed by atoms with Crippen LogP contribution in [0.5, 0.6) is 0 Å². The second kappa shape index (κ2) is 5.69. The molecule has 88 valence electrons. The predicted molar refractivity (Wildman–Crippen MR) is 69.2 cm³/mol. The van der Waals surface area contributed by atoms with Gasteiger partial charge in [0.2, 0.25) is 0 Å². The Kier molecular flexibility index (Phi) is 4.53. The topological polar surface area (TPSA) is 20.3 Å². The largest absolute Gasteiger partial charge is 0.369 e. The second-order valence-electron chi connectivity index (χ2n) is 4.36. The maximum absolute atomic E-state index is 11.6. The Morgan fingerprint density at radius 1 is 1.31 bits per heavy atom. The molecule has 2 nitrogen and oxygen atoms in total. The summed E-state index contributed by atoms with van der Waals surface area (Å²) in [5.74, 6) is 0.136. The fourth-order valence-electron chi connectivity index (χ4n) is 1.92. The molecule has 0 aliphatic rings. The number of Topliss-reactive ketones (excluding diaryl/α,β-unsaturated/α-hetero) is 1. The lowest BCUT2D eigenvalue weighted by Crippen LogP contribution is -2.32. The molecular weight excluding hydrogens is 198 g/mol. The molecule has 0 saturated carbocycles. The van der Waals surface area contributed by atoms with Crippen LogP contribution in [0.1, 0.15) is 44.5 Å². The van der Waals surface area contributed by atoms with Crippen LogP contribution >= 0.6 is 0 Å². The van der Waals surface area contributed by atoms with Gasteiger partial charge >= 0.3 is 0 Å².